The number of methoxy groups -OCH3 is 1. The molecule has 0 fully saturated rings. The fourth-order valence-electron chi connectivity index (χ4n) is 1.23. The molecule has 1 aromatic carbocycles. The van der Waals surface area contributed by atoms with Crippen LogP contribution in [0.2, 0.25) is 0 Å². The number of benzene rings is 1. The van der Waals surface area contributed by atoms with Gasteiger partial charge in [0, 0.05) is 11.6 Å². The molecule has 13 heavy (non-hydrogen) atoms. The van der Waals surface area contributed by atoms with E-state index in [1.165, 1.54) is 0 Å². The van der Waals surface area contributed by atoms with E-state index in [0.29, 0.717) is 0 Å². The molecule has 1 atom stereocenters. The van der Waals surface area contributed by atoms with Crippen molar-refractivity contribution in [1.82, 2.24) is 0 Å². The first-order valence-electron chi connectivity index (χ1n) is 4.31. The molecule has 3 nitrogen and oxygen atoms in total. The van der Waals surface area contributed by atoms with Crippen LogP contribution < -0.4 is 10.5 Å². The summed E-state index contributed by atoms with van der Waals surface area (Å²) in [7, 11) is 1.60. The lowest BCUT2D eigenvalue weighted by Gasteiger charge is -2.13. The quantitative estimate of drug-likeness (QED) is 0.747. The van der Waals surface area contributed by atoms with Gasteiger partial charge in [-0.25, -0.2) is 0 Å². The maximum absolute atomic E-state index is 9.27. The van der Waals surface area contributed by atoms with Gasteiger partial charge in [-0.05, 0) is 24.6 Å². The van der Waals surface area contributed by atoms with Crippen LogP contribution >= 0.6 is 0 Å². The number of ether oxygens (including phenoxy) is 1. The topological polar surface area (TPSA) is 55.5 Å². The van der Waals surface area contributed by atoms with E-state index >= 15 is 0 Å². The van der Waals surface area contributed by atoms with Crippen molar-refractivity contribution in [3.63, 3.8) is 0 Å². The van der Waals surface area contributed by atoms with Crippen LogP contribution in [0.15, 0.2) is 18.2 Å². The zero-order valence-corrected chi connectivity index (χ0v) is 7.95. The van der Waals surface area contributed by atoms with E-state index in [1.54, 1.807) is 25.3 Å². The van der Waals surface area contributed by atoms with Crippen LogP contribution in [0.5, 0.6) is 11.5 Å². The Kier molecular flexibility index (Phi) is 3.14. The Morgan fingerprint density at radius 1 is 1.54 bits per heavy atom. The van der Waals surface area contributed by atoms with E-state index in [4.69, 9.17) is 10.5 Å². The molecule has 3 heteroatoms. The van der Waals surface area contributed by atoms with Crippen LogP contribution in [0, 0.1) is 0 Å². The largest absolute Gasteiger partial charge is 0.508 e. The van der Waals surface area contributed by atoms with Gasteiger partial charge in [-0.3, -0.25) is 0 Å². The Bertz CT molecular complexity index is 286. The molecule has 0 amide bonds. The molecule has 0 spiro atoms. The van der Waals surface area contributed by atoms with Crippen LogP contribution in [0.3, 0.4) is 0 Å². The van der Waals surface area contributed by atoms with Gasteiger partial charge < -0.3 is 15.6 Å². The summed E-state index contributed by atoms with van der Waals surface area (Å²) in [5.74, 6) is 0.951. The monoisotopic (exact) mass is 181 g/mol. The molecular formula is C10H15NO2. The third-order valence-corrected chi connectivity index (χ3v) is 2.05. The van der Waals surface area contributed by atoms with Crippen LogP contribution in [0.4, 0.5) is 0 Å². The second kappa shape index (κ2) is 4.14. The van der Waals surface area contributed by atoms with E-state index in [2.05, 4.69) is 0 Å². The number of nitrogens with two attached hydrogens (primary N) is 1. The normalized spacial score (nSPS) is 12.5. The van der Waals surface area contributed by atoms with Gasteiger partial charge in [0.2, 0.25) is 0 Å². The molecule has 0 heterocycles. The van der Waals surface area contributed by atoms with Crippen LogP contribution in [0.1, 0.15) is 24.9 Å². The third kappa shape index (κ3) is 2.12. The Labute approximate surface area is 78.1 Å². The fourth-order valence-corrected chi connectivity index (χ4v) is 1.23. The highest BCUT2D eigenvalue weighted by Crippen LogP contribution is 2.28. The summed E-state index contributed by atoms with van der Waals surface area (Å²) in [5, 5.41) is 9.27. The smallest absolute Gasteiger partial charge is 0.123 e. The highest BCUT2D eigenvalue weighted by atomic mass is 16.5. The highest BCUT2D eigenvalue weighted by molar-refractivity contribution is 5.41. The second-order valence-corrected chi connectivity index (χ2v) is 2.94. The fraction of sp³-hybridized carbons (Fsp3) is 0.400. The van der Waals surface area contributed by atoms with Gasteiger partial charge in [0.05, 0.1) is 7.11 Å². The molecule has 72 valence electrons. The molecule has 0 aromatic heterocycles. The molecule has 0 aliphatic heterocycles. The zero-order chi connectivity index (χ0) is 9.84. The summed E-state index contributed by atoms with van der Waals surface area (Å²) in [6, 6.07) is 4.87. The maximum atomic E-state index is 9.27. The Hall–Kier alpha value is -1.22. The molecule has 1 rings (SSSR count). The van der Waals surface area contributed by atoms with Crippen molar-refractivity contribution in [3.05, 3.63) is 23.8 Å². The van der Waals surface area contributed by atoms with Crippen LogP contribution in [-0.2, 0) is 0 Å². The maximum Gasteiger partial charge on any atom is 0.123 e. The van der Waals surface area contributed by atoms with Gasteiger partial charge in [0.1, 0.15) is 11.5 Å². The summed E-state index contributed by atoms with van der Waals surface area (Å²) in [4.78, 5) is 0. The standard InChI is InChI=1S/C10H15NO2/c1-3-9(11)8-6-7(12)4-5-10(8)13-2/h4-6,9,12H,3,11H2,1-2H3/t9-/m1/s1. The summed E-state index contributed by atoms with van der Waals surface area (Å²) >= 11 is 0. The second-order valence-electron chi connectivity index (χ2n) is 2.94. The number of rotatable bonds is 3. The van der Waals surface area contributed by atoms with Crippen LogP contribution in [0.25, 0.3) is 0 Å². The number of aromatic hydroxyl groups is 1. The molecule has 0 radical (unpaired) electrons. The van der Waals surface area contributed by atoms with Gasteiger partial charge in [-0.15, -0.1) is 0 Å². The summed E-state index contributed by atoms with van der Waals surface area (Å²) in [6.45, 7) is 1.99. The molecule has 0 saturated carbocycles. The Balaban J connectivity index is 3.07. The highest BCUT2D eigenvalue weighted by Gasteiger charge is 2.10. The van der Waals surface area contributed by atoms with Crippen molar-refractivity contribution in [3.8, 4) is 11.5 Å². The predicted molar refractivity (Wildman–Crippen MR) is 51.9 cm³/mol. The van der Waals surface area contributed by atoms with E-state index < -0.39 is 0 Å². The molecule has 0 aliphatic carbocycles. The van der Waals surface area contributed by atoms with Crippen molar-refractivity contribution in [1.29, 1.82) is 0 Å². The molecule has 3 N–H and O–H groups in total. The molecule has 0 aliphatic rings. The molecule has 0 unspecified atom stereocenters. The predicted octanol–water partition coefficient (Wildman–Crippen LogP) is 1.81. The number of hydrogen-bond donors (Lipinski definition) is 2. The first kappa shape index (κ1) is 9.86. The number of phenolic OH excluding ortho intramolecular Hbond substituents is 1. The van der Waals surface area contributed by atoms with Crippen molar-refractivity contribution in [2.45, 2.75) is 19.4 Å². The summed E-state index contributed by atoms with van der Waals surface area (Å²) < 4.78 is 5.13. The lowest BCUT2D eigenvalue weighted by molar-refractivity contribution is 0.402. The van der Waals surface area contributed by atoms with E-state index in [0.717, 1.165) is 17.7 Å². The lowest BCUT2D eigenvalue weighted by atomic mass is 10.0. The summed E-state index contributed by atoms with van der Waals surface area (Å²) in [5.41, 5.74) is 6.70. The van der Waals surface area contributed by atoms with Crippen molar-refractivity contribution >= 4 is 0 Å². The minimum absolute atomic E-state index is 0.0814. The summed E-state index contributed by atoms with van der Waals surface area (Å²) in [6.07, 6.45) is 0.819. The number of hydrogen-bond acceptors (Lipinski definition) is 3. The average molecular weight is 181 g/mol. The Morgan fingerprint density at radius 2 is 2.23 bits per heavy atom. The van der Waals surface area contributed by atoms with Gasteiger partial charge in [-0.2, -0.15) is 0 Å². The van der Waals surface area contributed by atoms with Crippen LogP contribution in [-0.4, -0.2) is 12.2 Å². The van der Waals surface area contributed by atoms with Crippen molar-refractivity contribution in [2.75, 3.05) is 7.11 Å². The SMILES string of the molecule is CC[C@@H](N)c1cc(O)ccc1OC. The minimum atomic E-state index is -0.0814. The first-order chi connectivity index (χ1) is 6.19. The zero-order valence-electron chi connectivity index (χ0n) is 7.95. The minimum Gasteiger partial charge on any atom is -0.508 e. The molecular weight excluding hydrogens is 166 g/mol. The third-order valence-electron chi connectivity index (χ3n) is 2.05. The van der Waals surface area contributed by atoms with E-state index in [9.17, 15) is 5.11 Å². The lowest BCUT2D eigenvalue weighted by Crippen LogP contribution is -2.09. The van der Waals surface area contributed by atoms with E-state index in [-0.39, 0.29) is 11.8 Å². The van der Waals surface area contributed by atoms with Gasteiger partial charge >= 0.3 is 0 Å². The molecule has 0 bridgehead atoms. The first-order valence-corrected chi connectivity index (χ1v) is 4.31. The van der Waals surface area contributed by atoms with Gasteiger partial charge in [0.25, 0.3) is 0 Å². The number of phenols is 1. The van der Waals surface area contributed by atoms with Gasteiger partial charge in [0.15, 0.2) is 0 Å². The van der Waals surface area contributed by atoms with Crippen molar-refractivity contribution < 1.29 is 9.84 Å². The molecule has 1 aromatic rings. The van der Waals surface area contributed by atoms with Crippen molar-refractivity contribution in [2.24, 2.45) is 5.73 Å². The van der Waals surface area contributed by atoms with Gasteiger partial charge in [-0.1, -0.05) is 6.92 Å². The average Bonchev–Trinajstić information content (AvgIpc) is 2.16. The Morgan fingerprint density at radius 3 is 2.77 bits per heavy atom. The molecule has 0 saturated heterocycles. The van der Waals surface area contributed by atoms with E-state index in [1.807, 2.05) is 6.92 Å².